The van der Waals surface area contributed by atoms with Crippen LogP contribution in [0.3, 0.4) is 0 Å². The van der Waals surface area contributed by atoms with Gasteiger partial charge in [-0.25, -0.2) is 9.67 Å². The summed E-state index contributed by atoms with van der Waals surface area (Å²) in [4.78, 5) is 31.6. The molecule has 0 N–H and O–H groups in total. The summed E-state index contributed by atoms with van der Waals surface area (Å²) in [6.45, 7) is 1.78. The molecule has 0 saturated heterocycles. The average molecular weight is 438 g/mol. The Morgan fingerprint density at radius 1 is 0.970 bits per heavy atom. The lowest BCUT2D eigenvalue weighted by atomic mass is 10.1. The molecule has 2 heterocycles. The highest BCUT2D eigenvalue weighted by molar-refractivity contribution is 5.79. The van der Waals surface area contributed by atoms with Gasteiger partial charge in [-0.15, -0.1) is 5.10 Å². The lowest BCUT2D eigenvalue weighted by Gasteiger charge is -2.25. The highest BCUT2D eigenvalue weighted by Crippen LogP contribution is 2.23. The van der Waals surface area contributed by atoms with Crippen LogP contribution >= 0.6 is 0 Å². The minimum Gasteiger partial charge on any atom is -0.337 e. The number of hydrogen-bond donors (Lipinski definition) is 0. The molecule has 1 amide bonds. The van der Waals surface area contributed by atoms with Crippen LogP contribution in [0.5, 0.6) is 0 Å². The van der Waals surface area contributed by atoms with Gasteiger partial charge in [-0.3, -0.25) is 14.2 Å². The SMILES string of the molecule is CC(c1ccc(-n2cnc3ccccc32)cc1)N(C)C(=O)Cn1nnc2ccccc2c1=O. The van der Waals surface area contributed by atoms with Gasteiger partial charge in [-0.1, -0.05) is 41.6 Å². The van der Waals surface area contributed by atoms with E-state index >= 15 is 0 Å². The number of likely N-dealkylation sites (N-methyl/N-ethyl adjacent to an activating group) is 1. The fourth-order valence-electron chi connectivity index (χ4n) is 3.88. The first kappa shape index (κ1) is 20.6. The smallest absolute Gasteiger partial charge is 0.278 e. The summed E-state index contributed by atoms with van der Waals surface area (Å²) in [6, 6.07) is 22.8. The largest absolute Gasteiger partial charge is 0.337 e. The quantitative estimate of drug-likeness (QED) is 0.420. The van der Waals surface area contributed by atoms with Crippen molar-refractivity contribution in [1.82, 2.24) is 29.4 Å². The number of fused-ring (bicyclic) bond motifs is 2. The summed E-state index contributed by atoms with van der Waals surface area (Å²) in [7, 11) is 1.73. The molecule has 5 aromatic rings. The van der Waals surface area contributed by atoms with Gasteiger partial charge in [0.05, 0.1) is 22.5 Å². The van der Waals surface area contributed by atoms with Crippen molar-refractivity contribution in [3.8, 4) is 5.69 Å². The monoisotopic (exact) mass is 438 g/mol. The van der Waals surface area contributed by atoms with Crippen molar-refractivity contribution >= 4 is 27.8 Å². The Labute approximate surface area is 189 Å². The third-order valence-electron chi connectivity index (χ3n) is 6.00. The third kappa shape index (κ3) is 3.76. The molecule has 164 valence electrons. The van der Waals surface area contributed by atoms with Crippen LogP contribution in [0.15, 0.2) is 83.9 Å². The second-order valence-corrected chi connectivity index (χ2v) is 7.94. The Kier molecular flexibility index (Phi) is 5.18. The Balaban J connectivity index is 1.34. The Hall–Kier alpha value is -4.33. The van der Waals surface area contributed by atoms with Crippen molar-refractivity contribution in [2.24, 2.45) is 0 Å². The van der Waals surface area contributed by atoms with Gasteiger partial charge in [0, 0.05) is 12.7 Å². The molecule has 0 radical (unpaired) electrons. The van der Waals surface area contributed by atoms with E-state index in [4.69, 9.17) is 0 Å². The molecule has 0 bridgehead atoms. The Morgan fingerprint density at radius 2 is 1.67 bits per heavy atom. The third-order valence-corrected chi connectivity index (χ3v) is 6.00. The zero-order valence-corrected chi connectivity index (χ0v) is 18.3. The van der Waals surface area contributed by atoms with Crippen LogP contribution in [-0.2, 0) is 11.3 Å². The molecule has 8 heteroatoms. The molecular weight excluding hydrogens is 416 g/mol. The van der Waals surface area contributed by atoms with Crippen LogP contribution < -0.4 is 5.56 Å². The fourth-order valence-corrected chi connectivity index (χ4v) is 3.88. The zero-order chi connectivity index (χ0) is 22.9. The van der Waals surface area contributed by atoms with E-state index in [1.165, 1.54) is 0 Å². The van der Waals surface area contributed by atoms with Crippen LogP contribution in [0.2, 0.25) is 0 Å². The van der Waals surface area contributed by atoms with Gasteiger partial charge in [-0.2, -0.15) is 0 Å². The molecule has 5 rings (SSSR count). The van der Waals surface area contributed by atoms with Crippen LogP contribution in [-0.4, -0.2) is 42.4 Å². The fraction of sp³-hybridized carbons (Fsp3) is 0.160. The summed E-state index contributed by atoms with van der Waals surface area (Å²) in [5.41, 5.74) is 4.13. The maximum atomic E-state index is 12.9. The number of para-hydroxylation sites is 2. The van der Waals surface area contributed by atoms with Gasteiger partial charge in [0.15, 0.2) is 0 Å². The van der Waals surface area contributed by atoms with Crippen LogP contribution in [0.4, 0.5) is 0 Å². The second kappa shape index (κ2) is 8.31. The van der Waals surface area contributed by atoms with Crippen LogP contribution in [0.25, 0.3) is 27.6 Å². The summed E-state index contributed by atoms with van der Waals surface area (Å²) in [5, 5.41) is 8.41. The van der Waals surface area contributed by atoms with Crippen molar-refractivity contribution in [2.75, 3.05) is 7.05 Å². The molecule has 0 aliphatic heterocycles. The number of carbonyl (C=O) groups is 1. The van der Waals surface area contributed by atoms with E-state index in [1.54, 1.807) is 42.5 Å². The van der Waals surface area contributed by atoms with Gasteiger partial charge >= 0.3 is 0 Å². The maximum Gasteiger partial charge on any atom is 0.278 e. The molecule has 0 saturated carbocycles. The first-order chi connectivity index (χ1) is 16.0. The van der Waals surface area contributed by atoms with E-state index in [0.29, 0.717) is 10.9 Å². The molecule has 0 aliphatic carbocycles. The van der Waals surface area contributed by atoms with E-state index in [-0.39, 0.29) is 24.1 Å². The molecule has 0 spiro atoms. The molecule has 1 unspecified atom stereocenters. The second-order valence-electron chi connectivity index (χ2n) is 7.94. The van der Waals surface area contributed by atoms with E-state index < -0.39 is 0 Å². The van der Waals surface area contributed by atoms with E-state index in [2.05, 4.69) is 15.3 Å². The number of aromatic nitrogens is 5. The topological polar surface area (TPSA) is 85.9 Å². The summed E-state index contributed by atoms with van der Waals surface area (Å²) < 4.78 is 3.14. The highest BCUT2D eigenvalue weighted by atomic mass is 16.2. The molecule has 8 nitrogen and oxygen atoms in total. The number of benzene rings is 3. The normalized spacial score (nSPS) is 12.2. The lowest BCUT2D eigenvalue weighted by Crippen LogP contribution is -2.36. The van der Waals surface area contributed by atoms with E-state index in [9.17, 15) is 9.59 Å². The van der Waals surface area contributed by atoms with Crippen molar-refractivity contribution in [3.05, 3.63) is 95.0 Å². The summed E-state index contributed by atoms with van der Waals surface area (Å²) in [5.74, 6) is -0.223. The molecule has 0 aliphatic rings. The van der Waals surface area contributed by atoms with Crippen molar-refractivity contribution in [3.63, 3.8) is 0 Å². The van der Waals surface area contributed by atoms with Crippen LogP contribution in [0, 0.1) is 0 Å². The number of imidazole rings is 1. The highest BCUT2D eigenvalue weighted by Gasteiger charge is 2.19. The minimum atomic E-state index is -0.327. The molecule has 0 fully saturated rings. The Bertz CT molecular complexity index is 1520. The van der Waals surface area contributed by atoms with Gasteiger partial charge in [0.1, 0.15) is 18.4 Å². The number of amides is 1. The van der Waals surface area contributed by atoms with Gasteiger partial charge in [0.2, 0.25) is 5.91 Å². The maximum absolute atomic E-state index is 12.9. The molecule has 1 atom stereocenters. The Morgan fingerprint density at radius 3 is 2.45 bits per heavy atom. The standard InChI is InChI=1S/C25H22N6O2/c1-17(18-11-13-19(14-12-18)30-16-26-22-9-5-6-10-23(22)30)29(2)24(32)15-31-25(33)20-7-3-4-8-21(20)27-28-31/h3-14,16-17H,15H2,1-2H3. The molecular formula is C25H22N6O2. The molecule has 2 aromatic heterocycles. The van der Waals surface area contributed by atoms with Crippen molar-refractivity contribution < 1.29 is 4.79 Å². The molecule has 3 aromatic carbocycles. The zero-order valence-electron chi connectivity index (χ0n) is 18.3. The summed E-state index contributed by atoms with van der Waals surface area (Å²) >= 11 is 0. The van der Waals surface area contributed by atoms with Crippen molar-refractivity contribution in [1.29, 1.82) is 0 Å². The predicted octanol–water partition coefficient (Wildman–Crippen LogP) is 3.35. The number of hydrogen-bond acceptors (Lipinski definition) is 5. The minimum absolute atomic E-state index is 0.170. The number of nitrogens with zero attached hydrogens (tertiary/aromatic N) is 6. The molecule has 33 heavy (non-hydrogen) atoms. The number of rotatable bonds is 5. The van der Waals surface area contributed by atoms with Gasteiger partial charge in [-0.05, 0) is 48.9 Å². The predicted molar refractivity (Wildman–Crippen MR) is 126 cm³/mol. The lowest BCUT2D eigenvalue weighted by molar-refractivity contribution is -0.132. The van der Waals surface area contributed by atoms with Crippen molar-refractivity contribution in [2.45, 2.75) is 19.5 Å². The first-order valence-corrected chi connectivity index (χ1v) is 10.6. The van der Waals surface area contributed by atoms with Gasteiger partial charge in [0.25, 0.3) is 5.56 Å². The number of carbonyl (C=O) groups excluding carboxylic acids is 1. The first-order valence-electron chi connectivity index (χ1n) is 10.6. The van der Waals surface area contributed by atoms with E-state index in [0.717, 1.165) is 27.0 Å². The van der Waals surface area contributed by atoms with Gasteiger partial charge < -0.3 is 4.90 Å². The van der Waals surface area contributed by atoms with Crippen LogP contribution in [0.1, 0.15) is 18.5 Å². The van der Waals surface area contributed by atoms with E-state index in [1.807, 2.05) is 60.0 Å². The average Bonchev–Trinajstić information content (AvgIpc) is 3.29. The summed E-state index contributed by atoms with van der Waals surface area (Å²) in [6.07, 6.45) is 1.81.